The number of benzene rings is 1. The first kappa shape index (κ1) is 17.1. The maximum atomic E-state index is 6.04. The zero-order valence-corrected chi connectivity index (χ0v) is 15.3. The Balaban J connectivity index is 0.00000176. The SMILES string of the molecule is CN=C(NCc1ccco1)N[C@@H]1C[C@H]1c1cccc(Cl)c1.I. The van der Waals surface area contributed by atoms with Crippen LogP contribution in [0.2, 0.25) is 5.02 Å². The number of nitrogens with zero attached hydrogens (tertiary/aromatic N) is 1. The molecule has 0 spiro atoms. The summed E-state index contributed by atoms with van der Waals surface area (Å²) in [6.45, 7) is 0.626. The number of rotatable bonds is 4. The van der Waals surface area contributed by atoms with Gasteiger partial charge >= 0.3 is 0 Å². The third-order valence-electron chi connectivity index (χ3n) is 3.62. The Morgan fingerprint density at radius 1 is 1.36 bits per heavy atom. The molecule has 2 aromatic rings. The zero-order chi connectivity index (χ0) is 14.7. The van der Waals surface area contributed by atoms with Gasteiger partial charge in [0.2, 0.25) is 0 Å². The average Bonchev–Trinajstić information content (AvgIpc) is 3.06. The molecule has 1 aliphatic rings. The van der Waals surface area contributed by atoms with E-state index in [1.165, 1.54) is 5.56 Å². The van der Waals surface area contributed by atoms with Gasteiger partial charge in [-0.05, 0) is 36.2 Å². The lowest BCUT2D eigenvalue weighted by molar-refractivity contribution is 0.501. The third-order valence-corrected chi connectivity index (χ3v) is 3.86. The average molecular weight is 432 g/mol. The number of furan rings is 1. The van der Waals surface area contributed by atoms with Gasteiger partial charge in [0.25, 0.3) is 0 Å². The highest BCUT2D eigenvalue weighted by molar-refractivity contribution is 14.0. The standard InChI is InChI=1S/C16H18ClN3O.HI/c1-18-16(19-10-13-6-3-7-21-13)20-15-9-14(15)11-4-2-5-12(17)8-11;/h2-8,14-15H,9-10H2,1H3,(H2,18,19,20);1H/t14-,15+;/m0./s1. The number of guanidine groups is 1. The van der Waals surface area contributed by atoms with Crippen molar-refractivity contribution in [2.24, 2.45) is 4.99 Å². The topological polar surface area (TPSA) is 49.6 Å². The highest BCUT2D eigenvalue weighted by atomic mass is 127. The molecule has 6 heteroatoms. The van der Waals surface area contributed by atoms with E-state index in [1.54, 1.807) is 13.3 Å². The molecule has 0 bridgehead atoms. The van der Waals surface area contributed by atoms with Crippen molar-refractivity contribution in [2.75, 3.05) is 7.05 Å². The highest BCUT2D eigenvalue weighted by Gasteiger charge is 2.39. The molecule has 1 saturated carbocycles. The summed E-state index contributed by atoms with van der Waals surface area (Å²) in [5, 5.41) is 7.46. The summed E-state index contributed by atoms with van der Waals surface area (Å²) in [4.78, 5) is 4.24. The van der Waals surface area contributed by atoms with Gasteiger partial charge in [-0.25, -0.2) is 0 Å². The normalized spacial score (nSPS) is 20.2. The second kappa shape index (κ2) is 7.87. The first-order valence-electron chi connectivity index (χ1n) is 7.01. The zero-order valence-electron chi connectivity index (χ0n) is 12.3. The molecule has 1 aliphatic carbocycles. The Labute approximate surface area is 152 Å². The molecule has 1 aromatic heterocycles. The quantitative estimate of drug-likeness (QED) is 0.440. The van der Waals surface area contributed by atoms with Gasteiger partial charge in [0, 0.05) is 24.0 Å². The van der Waals surface area contributed by atoms with Gasteiger partial charge in [-0.15, -0.1) is 24.0 Å². The summed E-state index contributed by atoms with van der Waals surface area (Å²) in [6.07, 6.45) is 2.77. The van der Waals surface area contributed by atoms with Gasteiger partial charge in [-0.3, -0.25) is 4.99 Å². The number of halogens is 2. The Morgan fingerprint density at radius 2 is 2.23 bits per heavy atom. The van der Waals surface area contributed by atoms with Crippen LogP contribution in [0.5, 0.6) is 0 Å². The molecule has 0 aliphatic heterocycles. The van der Waals surface area contributed by atoms with Crippen LogP contribution >= 0.6 is 35.6 Å². The van der Waals surface area contributed by atoms with Gasteiger partial charge in [-0.1, -0.05) is 23.7 Å². The van der Waals surface area contributed by atoms with Crippen LogP contribution in [0.25, 0.3) is 0 Å². The van der Waals surface area contributed by atoms with E-state index in [-0.39, 0.29) is 24.0 Å². The van der Waals surface area contributed by atoms with E-state index in [4.69, 9.17) is 16.0 Å². The van der Waals surface area contributed by atoms with Crippen LogP contribution in [0.4, 0.5) is 0 Å². The maximum absolute atomic E-state index is 6.04. The Bertz CT molecular complexity index is 630. The van der Waals surface area contributed by atoms with Crippen molar-refractivity contribution in [3.8, 4) is 0 Å². The summed E-state index contributed by atoms with van der Waals surface area (Å²) < 4.78 is 5.29. The van der Waals surface area contributed by atoms with Gasteiger partial charge in [0.1, 0.15) is 5.76 Å². The lowest BCUT2D eigenvalue weighted by Crippen LogP contribution is -2.38. The summed E-state index contributed by atoms with van der Waals surface area (Å²) in [5.41, 5.74) is 1.28. The van der Waals surface area contributed by atoms with E-state index in [9.17, 15) is 0 Å². The molecule has 0 amide bonds. The Kier molecular flexibility index (Phi) is 6.14. The van der Waals surface area contributed by atoms with Crippen LogP contribution in [-0.2, 0) is 6.54 Å². The van der Waals surface area contributed by atoms with Crippen LogP contribution < -0.4 is 10.6 Å². The molecule has 1 heterocycles. The van der Waals surface area contributed by atoms with Crippen molar-refractivity contribution < 1.29 is 4.42 Å². The Hall–Kier alpha value is -1.21. The first-order valence-corrected chi connectivity index (χ1v) is 7.39. The molecule has 1 aromatic carbocycles. The number of nitrogens with one attached hydrogen (secondary N) is 2. The molecule has 0 radical (unpaired) electrons. The second-order valence-electron chi connectivity index (χ2n) is 5.15. The minimum Gasteiger partial charge on any atom is -0.467 e. The van der Waals surface area contributed by atoms with E-state index >= 15 is 0 Å². The van der Waals surface area contributed by atoms with E-state index < -0.39 is 0 Å². The van der Waals surface area contributed by atoms with Crippen molar-refractivity contribution in [3.05, 3.63) is 59.0 Å². The summed E-state index contributed by atoms with van der Waals surface area (Å²) >= 11 is 6.04. The minimum absolute atomic E-state index is 0. The van der Waals surface area contributed by atoms with Crippen molar-refractivity contribution in [1.29, 1.82) is 0 Å². The molecule has 118 valence electrons. The highest BCUT2D eigenvalue weighted by Crippen LogP contribution is 2.41. The fourth-order valence-corrected chi connectivity index (χ4v) is 2.61. The van der Waals surface area contributed by atoms with Crippen molar-refractivity contribution in [2.45, 2.75) is 24.9 Å². The molecule has 2 N–H and O–H groups in total. The van der Waals surface area contributed by atoms with E-state index in [0.29, 0.717) is 18.5 Å². The summed E-state index contributed by atoms with van der Waals surface area (Å²) in [5.74, 6) is 2.19. The van der Waals surface area contributed by atoms with Crippen LogP contribution in [0, 0.1) is 0 Å². The molecule has 1 fully saturated rings. The smallest absolute Gasteiger partial charge is 0.191 e. The van der Waals surface area contributed by atoms with Crippen LogP contribution in [0.3, 0.4) is 0 Å². The van der Waals surface area contributed by atoms with Crippen molar-refractivity contribution in [3.63, 3.8) is 0 Å². The third kappa shape index (κ3) is 4.39. The lowest BCUT2D eigenvalue weighted by Gasteiger charge is -2.11. The van der Waals surface area contributed by atoms with E-state index in [0.717, 1.165) is 23.2 Å². The molecule has 22 heavy (non-hydrogen) atoms. The van der Waals surface area contributed by atoms with E-state index in [2.05, 4.69) is 21.7 Å². The van der Waals surface area contributed by atoms with Gasteiger partial charge in [0.05, 0.1) is 12.8 Å². The van der Waals surface area contributed by atoms with Gasteiger partial charge < -0.3 is 15.1 Å². The van der Waals surface area contributed by atoms with Gasteiger partial charge in [0.15, 0.2) is 5.96 Å². The number of hydrogen-bond acceptors (Lipinski definition) is 2. The fraction of sp³-hybridized carbons (Fsp3) is 0.312. The van der Waals surface area contributed by atoms with Crippen LogP contribution in [-0.4, -0.2) is 19.0 Å². The first-order chi connectivity index (χ1) is 10.3. The predicted octanol–water partition coefficient (Wildman–Crippen LogP) is 3.77. The monoisotopic (exact) mass is 431 g/mol. The number of aliphatic imine (C=N–C) groups is 1. The minimum atomic E-state index is 0. The molecule has 0 unspecified atom stereocenters. The summed E-state index contributed by atoms with van der Waals surface area (Å²) in [7, 11) is 1.77. The molecule has 2 atom stereocenters. The van der Waals surface area contributed by atoms with Crippen LogP contribution in [0.15, 0.2) is 52.1 Å². The molecule has 0 saturated heterocycles. The molecular formula is C16H19ClIN3O. The fourth-order valence-electron chi connectivity index (χ4n) is 2.41. The molecule has 4 nitrogen and oxygen atoms in total. The lowest BCUT2D eigenvalue weighted by atomic mass is 10.1. The largest absolute Gasteiger partial charge is 0.467 e. The second-order valence-corrected chi connectivity index (χ2v) is 5.59. The maximum Gasteiger partial charge on any atom is 0.191 e. The van der Waals surface area contributed by atoms with Gasteiger partial charge in [-0.2, -0.15) is 0 Å². The number of hydrogen-bond donors (Lipinski definition) is 2. The van der Waals surface area contributed by atoms with Crippen molar-refractivity contribution in [1.82, 2.24) is 10.6 Å². The van der Waals surface area contributed by atoms with Crippen LogP contribution in [0.1, 0.15) is 23.7 Å². The predicted molar refractivity (Wildman–Crippen MR) is 100 cm³/mol. The molecular weight excluding hydrogens is 413 g/mol. The summed E-state index contributed by atoms with van der Waals surface area (Å²) in [6, 6.07) is 12.3. The Morgan fingerprint density at radius 3 is 2.91 bits per heavy atom. The van der Waals surface area contributed by atoms with E-state index in [1.807, 2.05) is 30.3 Å². The molecule has 3 rings (SSSR count). The van der Waals surface area contributed by atoms with Crippen molar-refractivity contribution >= 4 is 41.5 Å².